The second-order valence-electron chi connectivity index (χ2n) is 10.2. The highest BCUT2D eigenvalue weighted by molar-refractivity contribution is 6.76. The highest BCUT2D eigenvalue weighted by atomic mass is 28.3. The van der Waals surface area contributed by atoms with Gasteiger partial charge in [-0.3, -0.25) is 5.21 Å². The topological polar surface area (TPSA) is 76.8 Å². The van der Waals surface area contributed by atoms with E-state index in [-0.39, 0.29) is 0 Å². The molecule has 2 rings (SSSR count). The maximum Gasteiger partial charge on any atom is 0.434 e. The van der Waals surface area contributed by atoms with Crippen LogP contribution >= 0.6 is 0 Å². The summed E-state index contributed by atoms with van der Waals surface area (Å²) in [6, 6.07) is 4.81. The summed E-state index contributed by atoms with van der Waals surface area (Å²) in [5, 5.41) is 16.5. The summed E-state index contributed by atoms with van der Waals surface area (Å²) >= 11 is 0. The number of aryl methyl sites for hydroxylation is 1. The number of nitrogens with zero attached hydrogens (tertiary/aromatic N) is 3. The van der Waals surface area contributed by atoms with Crippen LogP contribution in [0.15, 0.2) is 18.3 Å². The molecule has 7 nitrogen and oxygen atoms in total. The van der Waals surface area contributed by atoms with Gasteiger partial charge in [0.15, 0.2) is 0 Å². The summed E-state index contributed by atoms with van der Waals surface area (Å²) < 4.78 is 12.9. The third-order valence-corrected chi connectivity index (χ3v) is 6.36. The summed E-state index contributed by atoms with van der Waals surface area (Å²) in [4.78, 5) is 12.1. The van der Waals surface area contributed by atoms with Crippen LogP contribution in [0.1, 0.15) is 38.8 Å². The number of carbonyl (C=O) groups excluding carboxylic acids is 1. The smallest absolute Gasteiger partial charge is 0.434 e. The summed E-state index contributed by atoms with van der Waals surface area (Å²) in [6.45, 7) is 17.3. The summed E-state index contributed by atoms with van der Waals surface area (Å²) in [6.07, 6.45) is 1.75. The number of rotatable bonds is 8. The van der Waals surface area contributed by atoms with Gasteiger partial charge in [-0.2, -0.15) is 10.2 Å². The average molecular weight is 436 g/mol. The van der Waals surface area contributed by atoms with E-state index in [4.69, 9.17) is 9.47 Å². The molecule has 1 unspecified atom stereocenters. The van der Waals surface area contributed by atoms with Crippen LogP contribution in [0.4, 0.5) is 4.79 Å². The minimum absolute atomic E-state index is 0.420. The zero-order chi connectivity index (χ0) is 22.7. The molecular formula is C22H37N3O4Si. The first-order valence-electron chi connectivity index (χ1n) is 10.5. The van der Waals surface area contributed by atoms with E-state index in [9.17, 15) is 10.0 Å². The summed E-state index contributed by atoms with van der Waals surface area (Å²) in [5.41, 5.74) is 2.36. The van der Waals surface area contributed by atoms with Crippen LogP contribution in [0.5, 0.6) is 0 Å². The van der Waals surface area contributed by atoms with Crippen LogP contribution in [0.25, 0.3) is 10.9 Å². The number of amides is 1. The van der Waals surface area contributed by atoms with Gasteiger partial charge in [-0.15, -0.1) is 0 Å². The van der Waals surface area contributed by atoms with E-state index in [1.54, 1.807) is 27.7 Å². The molecule has 0 radical (unpaired) electrons. The lowest BCUT2D eigenvalue weighted by molar-refractivity contribution is -0.116. The van der Waals surface area contributed by atoms with E-state index in [0.717, 1.165) is 34.7 Å². The molecule has 2 aromatic rings. The number of hydrogen-bond donors (Lipinski definition) is 1. The Morgan fingerprint density at radius 3 is 2.57 bits per heavy atom. The van der Waals surface area contributed by atoms with E-state index in [0.29, 0.717) is 18.2 Å². The fraction of sp³-hybridized carbons (Fsp3) is 0.636. The molecule has 0 aliphatic rings. The Kier molecular flexibility index (Phi) is 7.71. The molecule has 1 aromatic carbocycles. The predicted molar refractivity (Wildman–Crippen MR) is 122 cm³/mol. The lowest BCUT2D eigenvalue weighted by atomic mass is 10.0. The SMILES string of the molecule is Cc1cc(CC(C)N(O)C(=O)OC(C)(C)C)cc2cn(COCC[Si](C)(C)C)nc12. The van der Waals surface area contributed by atoms with Crippen molar-refractivity contribution in [2.75, 3.05) is 6.61 Å². The second kappa shape index (κ2) is 9.49. The monoisotopic (exact) mass is 435 g/mol. The van der Waals surface area contributed by atoms with Gasteiger partial charge >= 0.3 is 6.09 Å². The van der Waals surface area contributed by atoms with Crippen molar-refractivity contribution in [3.05, 3.63) is 29.5 Å². The molecule has 0 saturated carbocycles. The lowest BCUT2D eigenvalue weighted by Crippen LogP contribution is -2.40. The standard InChI is InChI=1S/C22H37N3O4Si/c1-16-11-18(12-17(2)25(27)21(26)29-22(3,4)5)13-19-14-24(23-20(16)19)15-28-9-10-30(6,7)8/h11,13-14,17,27H,9-10,12,15H2,1-8H3. The molecule has 0 aliphatic heterocycles. The van der Waals surface area contributed by atoms with Gasteiger partial charge in [-0.1, -0.05) is 25.7 Å². The molecule has 0 spiro atoms. The molecule has 168 valence electrons. The molecule has 8 heteroatoms. The zero-order valence-corrected chi connectivity index (χ0v) is 20.7. The third kappa shape index (κ3) is 7.41. The van der Waals surface area contributed by atoms with Gasteiger partial charge in [-0.25, -0.2) is 9.48 Å². The fourth-order valence-electron chi connectivity index (χ4n) is 3.07. The van der Waals surface area contributed by atoms with E-state index >= 15 is 0 Å². The Morgan fingerprint density at radius 2 is 1.97 bits per heavy atom. The second-order valence-corrected chi connectivity index (χ2v) is 15.9. The molecule has 1 amide bonds. The summed E-state index contributed by atoms with van der Waals surface area (Å²) in [7, 11) is -1.10. The normalized spacial score (nSPS) is 13.5. The van der Waals surface area contributed by atoms with Crippen molar-refractivity contribution >= 4 is 25.1 Å². The molecule has 0 fully saturated rings. The Bertz CT molecular complexity index is 868. The van der Waals surface area contributed by atoms with Crippen LogP contribution in [0, 0.1) is 6.92 Å². The number of hydroxylamine groups is 2. The van der Waals surface area contributed by atoms with E-state index < -0.39 is 25.8 Å². The molecule has 1 heterocycles. The lowest BCUT2D eigenvalue weighted by Gasteiger charge is -2.27. The van der Waals surface area contributed by atoms with Gasteiger partial charge < -0.3 is 9.47 Å². The first kappa shape index (κ1) is 24.4. The van der Waals surface area contributed by atoms with Crippen molar-refractivity contribution in [1.29, 1.82) is 0 Å². The average Bonchev–Trinajstić information content (AvgIpc) is 2.99. The van der Waals surface area contributed by atoms with Crippen molar-refractivity contribution in [1.82, 2.24) is 14.8 Å². The van der Waals surface area contributed by atoms with Gasteiger partial charge in [0.2, 0.25) is 0 Å². The van der Waals surface area contributed by atoms with Crippen molar-refractivity contribution < 1.29 is 19.5 Å². The highest BCUT2D eigenvalue weighted by Crippen LogP contribution is 2.22. The van der Waals surface area contributed by atoms with Gasteiger partial charge in [0.25, 0.3) is 0 Å². The first-order chi connectivity index (χ1) is 13.7. The van der Waals surface area contributed by atoms with Gasteiger partial charge in [0, 0.05) is 26.3 Å². The predicted octanol–water partition coefficient (Wildman–Crippen LogP) is 5.21. The van der Waals surface area contributed by atoms with Crippen molar-refractivity contribution in [2.24, 2.45) is 0 Å². The summed E-state index contributed by atoms with van der Waals surface area (Å²) in [5.74, 6) is 0. The Balaban J connectivity index is 2.04. The molecule has 30 heavy (non-hydrogen) atoms. The van der Waals surface area contributed by atoms with Gasteiger partial charge in [-0.05, 0) is 64.3 Å². The molecule has 0 aliphatic carbocycles. The maximum absolute atomic E-state index is 12.1. The minimum atomic E-state index is -1.10. The molecule has 0 bridgehead atoms. The number of hydrogen-bond acceptors (Lipinski definition) is 5. The maximum atomic E-state index is 12.1. The number of ether oxygens (including phenoxy) is 2. The van der Waals surface area contributed by atoms with Gasteiger partial charge in [0.05, 0.1) is 11.6 Å². The van der Waals surface area contributed by atoms with E-state index in [1.165, 1.54) is 0 Å². The molecule has 0 saturated heterocycles. The number of aromatic nitrogens is 2. The van der Waals surface area contributed by atoms with E-state index in [2.05, 4.69) is 24.7 Å². The quantitative estimate of drug-likeness (QED) is 0.266. The molecule has 1 atom stereocenters. The zero-order valence-electron chi connectivity index (χ0n) is 19.7. The number of carbonyl (C=O) groups is 1. The third-order valence-electron chi connectivity index (χ3n) is 4.66. The Labute approximate surface area is 180 Å². The number of benzene rings is 1. The van der Waals surface area contributed by atoms with Crippen LogP contribution in [-0.2, 0) is 22.6 Å². The molecule has 1 aromatic heterocycles. The van der Waals surface area contributed by atoms with Crippen molar-refractivity contribution in [2.45, 2.75) is 85.1 Å². The molecule has 1 N–H and O–H groups in total. The Hall–Kier alpha value is -1.90. The van der Waals surface area contributed by atoms with Crippen LogP contribution in [0.2, 0.25) is 25.7 Å². The van der Waals surface area contributed by atoms with Crippen molar-refractivity contribution in [3.63, 3.8) is 0 Å². The van der Waals surface area contributed by atoms with Crippen LogP contribution < -0.4 is 0 Å². The van der Waals surface area contributed by atoms with Crippen LogP contribution in [-0.4, -0.2) is 52.5 Å². The highest BCUT2D eigenvalue weighted by Gasteiger charge is 2.25. The Morgan fingerprint density at radius 1 is 1.30 bits per heavy atom. The fourth-order valence-corrected chi connectivity index (χ4v) is 3.83. The largest absolute Gasteiger partial charge is 0.442 e. The molecular weight excluding hydrogens is 398 g/mol. The van der Waals surface area contributed by atoms with E-state index in [1.807, 2.05) is 29.9 Å². The van der Waals surface area contributed by atoms with Crippen molar-refractivity contribution in [3.8, 4) is 0 Å². The number of fused-ring (bicyclic) bond motifs is 1. The minimum Gasteiger partial charge on any atom is -0.442 e. The van der Waals surface area contributed by atoms with Crippen LogP contribution in [0.3, 0.4) is 0 Å². The first-order valence-corrected chi connectivity index (χ1v) is 14.2. The van der Waals surface area contributed by atoms with Gasteiger partial charge in [0.1, 0.15) is 12.3 Å².